The number of aryl methyl sites for hydroxylation is 1. The maximum Gasteiger partial charge on any atom is 0.290 e. The molecule has 7 heteroatoms. The Hall–Kier alpha value is -2.67. The van der Waals surface area contributed by atoms with Crippen LogP contribution < -0.4 is 10.2 Å². The lowest BCUT2D eigenvalue weighted by Crippen LogP contribution is -2.20. The van der Waals surface area contributed by atoms with Crippen molar-refractivity contribution in [1.29, 1.82) is 0 Å². The van der Waals surface area contributed by atoms with E-state index in [1.54, 1.807) is 24.6 Å². The number of imidazole rings is 1. The number of carbonyl (C=O) groups is 1. The number of carbonyl (C=O) groups excluding carboxylic acids is 1. The number of hydrogen-bond donors (Lipinski definition) is 1. The minimum Gasteiger partial charge on any atom is -0.497 e. The molecule has 1 amide bonds. The van der Waals surface area contributed by atoms with Crippen molar-refractivity contribution < 1.29 is 9.53 Å². The van der Waals surface area contributed by atoms with Crippen LogP contribution in [0.15, 0.2) is 40.9 Å². The molecule has 3 rings (SSSR count). The van der Waals surface area contributed by atoms with E-state index >= 15 is 0 Å². The molecule has 0 saturated carbocycles. The molecule has 3 aromatic rings. The lowest BCUT2D eigenvalue weighted by atomic mass is 10.2. The third-order valence-electron chi connectivity index (χ3n) is 3.13. The first-order valence-electron chi connectivity index (χ1n) is 6.58. The predicted octanol–water partition coefficient (Wildman–Crippen LogP) is 2.48. The van der Waals surface area contributed by atoms with Crippen molar-refractivity contribution in [2.45, 2.75) is 6.92 Å². The average molecular weight is 314 g/mol. The maximum absolute atomic E-state index is 12.2. The molecule has 0 atom stereocenters. The van der Waals surface area contributed by atoms with Crippen LogP contribution in [0.4, 0.5) is 0 Å². The van der Waals surface area contributed by atoms with Gasteiger partial charge in [-0.25, -0.2) is 10.4 Å². The zero-order chi connectivity index (χ0) is 15.5. The van der Waals surface area contributed by atoms with Gasteiger partial charge < -0.3 is 4.74 Å². The molecule has 0 aliphatic heterocycles. The number of rotatable bonds is 4. The number of thiazole rings is 1. The molecule has 0 fully saturated rings. The molecule has 2 heterocycles. The molecule has 22 heavy (non-hydrogen) atoms. The third-order valence-corrected chi connectivity index (χ3v) is 3.88. The SMILES string of the molecule is COc1cccc(C=NNC(=O)c2c(C)nc3sccn23)c1. The summed E-state index contributed by atoms with van der Waals surface area (Å²) in [6.45, 7) is 1.81. The van der Waals surface area contributed by atoms with Crippen LogP contribution in [0.2, 0.25) is 0 Å². The molecule has 1 N–H and O–H groups in total. The van der Waals surface area contributed by atoms with Crippen LogP contribution in [0.3, 0.4) is 0 Å². The molecule has 0 radical (unpaired) electrons. The number of nitrogens with one attached hydrogen (secondary N) is 1. The van der Waals surface area contributed by atoms with E-state index in [0.717, 1.165) is 16.3 Å². The zero-order valence-electron chi connectivity index (χ0n) is 12.1. The zero-order valence-corrected chi connectivity index (χ0v) is 12.9. The fourth-order valence-corrected chi connectivity index (χ4v) is 2.87. The highest BCUT2D eigenvalue weighted by atomic mass is 32.1. The summed E-state index contributed by atoms with van der Waals surface area (Å²) < 4.78 is 6.90. The van der Waals surface area contributed by atoms with Gasteiger partial charge >= 0.3 is 0 Å². The van der Waals surface area contributed by atoms with E-state index < -0.39 is 0 Å². The summed E-state index contributed by atoms with van der Waals surface area (Å²) in [5.74, 6) is 0.449. The first-order valence-corrected chi connectivity index (χ1v) is 7.46. The van der Waals surface area contributed by atoms with Gasteiger partial charge in [0.1, 0.15) is 11.4 Å². The minimum absolute atomic E-state index is 0.289. The highest BCUT2D eigenvalue weighted by Gasteiger charge is 2.16. The van der Waals surface area contributed by atoms with Crippen LogP contribution in [0.25, 0.3) is 4.96 Å². The van der Waals surface area contributed by atoms with Crippen molar-refractivity contribution in [2.24, 2.45) is 5.10 Å². The topological polar surface area (TPSA) is 68.0 Å². The molecule has 0 aliphatic carbocycles. The Bertz CT molecular complexity index is 850. The number of fused-ring (bicyclic) bond motifs is 1. The summed E-state index contributed by atoms with van der Waals surface area (Å²) in [5.41, 5.74) is 4.55. The van der Waals surface area contributed by atoms with E-state index in [1.807, 2.05) is 35.8 Å². The molecule has 6 nitrogen and oxygen atoms in total. The Morgan fingerprint density at radius 2 is 2.36 bits per heavy atom. The minimum atomic E-state index is -0.289. The van der Waals surface area contributed by atoms with Crippen LogP contribution in [0, 0.1) is 6.92 Å². The van der Waals surface area contributed by atoms with Crippen LogP contribution in [-0.2, 0) is 0 Å². The van der Waals surface area contributed by atoms with Crippen LogP contribution in [-0.4, -0.2) is 28.6 Å². The standard InChI is InChI=1S/C15H14N4O2S/c1-10-13(19-6-7-22-15(19)17-10)14(20)18-16-9-11-4-3-5-12(8-11)21-2/h3-9H,1-2H3,(H,18,20). The molecule has 0 saturated heterocycles. The summed E-state index contributed by atoms with van der Waals surface area (Å²) >= 11 is 1.48. The van der Waals surface area contributed by atoms with Crippen LogP contribution in [0.1, 0.15) is 21.7 Å². The second-order valence-corrected chi connectivity index (χ2v) is 5.45. The van der Waals surface area contributed by atoms with E-state index in [0.29, 0.717) is 11.4 Å². The van der Waals surface area contributed by atoms with Gasteiger partial charge in [-0.05, 0) is 24.6 Å². The van der Waals surface area contributed by atoms with Crippen LogP contribution in [0.5, 0.6) is 5.75 Å². The molecule has 0 aliphatic rings. The lowest BCUT2D eigenvalue weighted by molar-refractivity contribution is 0.0948. The van der Waals surface area contributed by atoms with Crippen molar-refractivity contribution in [3.8, 4) is 5.75 Å². The molecule has 2 aromatic heterocycles. The van der Waals surface area contributed by atoms with Gasteiger partial charge in [0.2, 0.25) is 0 Å². The average Bonchev–Trinajstić information content (AvgIpc) is 3.07. The van der Waals surface area contributed by atoms with Gasteiger partial charge in [-0.15, -0.1) is 11.3 Å². The number of hydrogen-bond acceptors (Lipinski definition) is 5. The van der Waals surface area contributed by atoms with Crippen molar-refractivity contribution in [3.63, 3.8) is 0 Å². The maximum atomic E-state index is 12.2. The Morgan fingerprint density at radius 3 is 3.18 bits per heavy atom. The highest BCUT2D eigenvalue weighted by molar-refractivity contribution is 7.15. The van der Waals surface area contributed by atoms with Crippen LogP contribution >= 0.6 is 11.3 Å². The fourth-order valence-electron chi connectivity index (χ4n) is 2.11. The summed E-state index contributed by atoms with van der Waals surface area (Å²) in [7, 11) is 1.60. The molecule has 0 spiro atoms. The fraction of sp³-hybridized carbons (Fsp3) is 0.133. The van der Waals surface area contributed by atoms with E-state index in [1.165, 1.54) is 11.3 Å². The number of aromatic nitrogens is 2. The van der Waals surface area contributed by atoms with Gasteiger partial charge in [-0.2, -0.15) is 5.10 Å². The molecular weight excluding hydrogens is 300 g/mol. The monoisotopic (exact) mass is 314 g/mol. The van der Waals surface area contributed by atoms with Crippen molar-refractivity contribution >= 4 is 28.4 Å². The smallest absolute Gasteiger partial charge is 0.290 e. The first kappa shape index (κ1) is 14.3. The summed E-state index contributed by atoms with van der Waals surface area (Å²) in [6, 6.07) is 7.41. The quantitative estimate of drug-likeness (QED) is 0.594. The van der Waals surface area contributed by atoms with Crippen molar-refractivity contribution in [2.75, 3.05) is 7.11 Å². The second-order valence-electron chi connectivity index (χ2n) is 4.58. The number of hydrazone groups is 1. The Labute approximate surface area is 131 Å². The normalized spacial score (nSPS) is 11.2. The molecular formula is C15H14N4O2S. The lowest BCUT2D eigenvalue weighted by Gasteiger charge is -2.01. The Balaban J connectivity index is 1.75. The predicted molar refractivity (Wildman–Crippen MR) is 85.9 cm³/mol. The van der Waals surface area contributed by atoms with Crippen molar-refractivity contribution in [3.05, 3.63) is 52.8 Å². The Kier molecular flexibility index (Phi) is 3.88. The first-order chi connectivity index (χ1) is 10.7. The van der Waals surface area contributed by atoms with Gasteiger partial charge in [0, 0.05) is 11.6 Å². The van der Waals surface area contributed by atoms with E-state index in [2.05, 4.69) is 15.5 Å². The van der Waals surface area contributed by atoms with Gasteiger partial charge in [-0.1, -0.05) is 12.1 Å². The van der Waals surface area contributed by atoms with Gasteiger partial charge in [-0.3, -0.25) is 9.20 Å². The number of methoxy groups -OCH3 is 1. The number of ether oxygens (including phenoxy) is 1. The van der Waals surface area contributed by atoms with Gasteiger partial charge in [0.15, 0.2) is 4.96 Å². The number of amides is 1. The van der Waals surface area contributed by atoms with E-state index in [-0.39, 0.29) is 5.91 Å². The third kappa shape index (κ3) is 2.71. The molecule has 0 bridgehead atoms. The van der Waals surface area contributed by atoms with Gasteiger partial charge in [0.05, 0.1) is 19.0 Å². The largest absolute Gasteiger partial charge is 0.497 e. The van der Waals surface area contributed by atoms with E-state index in [9.17, 15) is 4.79 Å². The summed E-state index contributed by atoms with van der Waals surface area (Å²) in [6.07, 6.45) is 3.39. The molecule has 1 aromatic carbocycles. The molecule has 112 valence electrons. The second kappa shape index (κ2) is 5.98. The highest BCUT2D eigenvalue weighted by Crippen LogP contribution is 2.16. The summed E-state index contributed by atoms with van der Waals surface area (Å²) in [5, 5.41) is 5.87. The van der Waals surface area contributed by atoms with E-state index in [4.69, 9.17) is 4.74 Å². The van der Waals surface area contributed by atoms with Crippen molar-refractivity contribution in [1.82, 2.24) is 14.8 Å². The molecule has 0 unspecified atom stereocenters. The Morgan fingerprint density at radius 1 is 1.50 bits per heavy atom. The number of benzene rings is 1. The summed E-state index contributed by atoms with van der Waals surface area (Å²) in [4.78, 5) is 17.4. The van der Waals surface area contributed by atoms with Gasteiger partial charge in [0.25, 0.3) is 5.91 Å². The number of nitrogens with zero attached hydrogens (tertiary/aromatic N) is 3.